The minimum atomic E-state index is -5.19. The molecule has 1 aromatic rings. The van der Waals surface area contributed by atoms with Gasteiger partial charge in [-0.05, 0) is 24.1 Å². The predicted molar refractivity (Wildman–Crippen MR) is 97.6 cm³/mol. The van der Waals surface area contributed by atoms with Crippen LogP contribution < -0.4 is 35.3 Å². The van der Waals surface area contributed by atoms with Crippen LogP contribution in [-0.2, 0) is 19.1 Å². The molecule has 4 rings (SSSR count). The molecule has 0 saturated carbocycles. The first-order valence-corrected chi connectivity index (χ1v) is 9.34. The number of nitrogens with zero attached hydrogens (tertiary/aromatic N) is 2. The van der Waals surface area contributed by atoms with Gasteiger partial charge in [0.05, 0.1) is 6.04 Å². The van der Waals surface area contributed by atoms with Gasteiger partial charge in [0.25, 0.3) is 5.91 Å². The number of likely N-dealkylation sites (tertiary alicyclic amines) is 1. The van der Waals surface area contributed by atoms with E-state index in [9.17, 15) is 42.6 Å². The molecule has 14 heteroatoms. The quantitative estimate of drug-likeness (QED) is 0.334. The van der Waals surface area contributed by atoms with Gasteiger partial charge in [0, 0.05) is 18.0 Å². The molecular weight excluding hydrogens is 462 g/mol. The van der Waals surface area contributed by atoms with Crippen LogP contribution in [0.1, 0.15) is 19.5 Å². The molecule has 0 bridgehead atoms. The molecule has 4 N–H and O–H groups in total. The van der Waals surface area contributed by atoms with Crippen molar-refractivity contribution in [1.82, 2.24) is 9.80 Å². The van der Waals surface area contributed by atoms with Crippen LogP contribution in [0.25, 0.3) is 0 Å². The number of halogens is 3. The SMILES string of the molecule is NC(=O)OC(C1=C(C(=O)O)N2C(=O)[C@@H]3[C@H]2[C@H](C1)CN3C(=O)C(F)(F)F)c1ccc(O)cc1.[H-].[Na+]. The Morgan fingerprint density at radius 1 is 1.21 bits per heavy atom. The maximum absolute atomic E-state index is 13.0. The van der Waals surface area contributed by atoms with E-state index >= 15 is 0 Å². The van der Waals surface area contributed by atoms with Crippen LogP contribution in [0.3, 0.4) is 0 Å². The van der Waals surface area contributed by atoms with Crippen molar-refractivity contribution < 1.29 is 78.3 Å². The van der Waals surface area contributed by atoms with Crippen LogP contribution in [0.15, 0.2) is 35.5 Å². The van der Waals surface area contributed by atoms with Crippen molar-refractivity contribution in [2.45, 2.75) is 30.8 Å². The number of carboxylic acids is 1. The van der Waals surface area contributed by atoms with Crippen LogP contribution >= 0.6 is 0 Å². The van der Waals surface area contributed by atoms with Gasteiger partial charge in [-0.1, -0.05) is 12.1 Å². The molecule has 3 aliphatic heterocycles. The van der Waals surface area contributed by atoms with Crippen LogP contribution in [0, 0.1) is 5.92 Å². The number of nitrogens with two attached hydrogens (primary N) is 1. The number of hydrogen-bond donors (Lipinski definition) is 3. The fourth-order valence-electron chi connectivity index (χ4n) is 4.68. The summed E-state index contributed by atoms with van der Waals surface area (Å²) in [6, 6.07) is 2.85. The van der Waals surface area contributed by atoms with Gasteiger partial charge in [-0.3, -0.25) is 14.5 Å². The fraction of sp³-hybridized carbons (Fsp3) is 0.368. The van der Waals surface area contributed by atoms with E-state index < -0.39 is 66.4 Å². The Balaban J connectivity index is 0.00000204. The monoisotopic (exact) mass is 479 g/mol. The van der Waals surface area contributed by atoms with Crippen molar-refractivity contribution in [3.8, 4) is 5.75 Å². The number of hydrogen-bond acceptors (Lipinski definition) is 6. The maximum Gasteiger partial charge on any atom is 1.00 e. The molecule has 172 valence electrons. The van der Waals surface area contributed by atoms with Gasteiger partial charge < -0.3 is 27.0 Å². The van der Waals surface area contributed by atoms with Gasteiger partial charge in [0.2, 0.25) is 0 Å². The van der Waals surface area contributed by atoms with E-state index in [1.807, 2.05) is 0 Å². The normalized spacial score (nSPS) is 24.5. The van der Waals surface area contributed by atoms with Crippen LogP contribution in [-0.4, -0.2) is 68.7 Å². The number of β-lactam (4-membered cyclic amide) rings is 1. The molecule has 4 atom stereocenters. The number of primary amides is 1. The summed E-state index contributed by atoms with van der Waals surface area (Å²) in [5, 5.41) is 19.3. The van der Waals surface area contributed by atoms with E-state index in [4.69, 9.17) is 10.5 Å². The van der Waals surface area contributed by atoms with E-state index in [0.29, 0.717) is 4.90 Å². The number of aliphatic carboxylic acids is 1. The molecule has 2 saturated heterocycles. The average Bonchev–Trinajstić information content (AvgIpc) is 3.06. The number of rotatable bonds is 4. The number of benzene rings is 1. The molecule has 3 heterocycles. The van der Waals surface area contributed by atoms with Gasteiger partial charge >= 0.3 is 53.7 Å². The molecule has 0 aliphatic carbocycles. The second-order valence-corrected chi connectivity index (χ2v) is 7.65. The molecule has 33 heavy (non-hydrogen) atoms. The van der Waals surface area contributed by atoms with Gasteiger partial charge in [0.15, 0.2) is 6.10 Å². The third kappa shape index (κ3) is 4.04. The molecule has 1 aromatic carbocycles. The Kier molecular flexibility index (Phi) is 6.43. The summed E-state index contributed by atoms with van der Waals surface area (Å²) in [7, 11) is 0. The van der Waals surface area contributed by atoms with Gasteiger partial charge in [-0.2, -0.15) is 13.2 Å². The van der Waals surface area contributed by atoms with Gasteiger partial charge in [0.1, 0.15) is 17.5 Å². The molecule has 0 radical (unpaired) electrons. The molecule has 3 amide bonds. The fourth-order valence-corrected chi connectivity index (χ4v) is 4.68. The Morgan fingerprint density at radius 3 is 2.33 bits per heavy atom. The minimum absolute atomic E-state index is 0. The summed E-state index contributed by atoms with van der Waals surface area (Å²) < 4.78 is 44.1. The summed E-state index contributed by atoms with van der Waals surface area (Å²) in [5.41, 5.74) is 4.77. The summed E-state index contributed by atoms with van der Waals surface area (Å²) in [6.45, 7) is -0.425. The van der Waals surface area contributed by atoms with Crippen molar-refractivity contribution in [1.29, 1.82) is 0 Å². The third-order valence-corrected chi connectivity index (χ3v) is 5.84. The molecule has 0 aromatic heterocycles. The zero-order chi connectivity index (χ0) is 23.5. The first kappa shape index (κ1) is 24.9. The van der Waals surface area contributed by atoms with Crippen molar-refractivity contribution in [2.24, 2.45) is 11.7 Å². The third-order valence-electron chi connectivity index (χ3n) is 5.84. The van der Waals surface area contributed by atoms with Crippen molar-refractivity contribution >= 4 is 23.9 Å². The topological polar surface area (TPSA) is 150 Å². The summed E-state index contributed by atoms with van der Waals surface area (Å²) >= 11 is 0. The molecule has 2 fully saturated rings. The summed E-state index contributed by atoms with van der Waals surface area (Å²) in [6.07, 6.45) is -7.98. The first-order chi connectivity index (χ1) is 14.9. The zero-order valence-electron chi connectivity index (χ0n) is 18.1. The Hall–Kier alpha value is -2.77. The number of carboxylic acid groups (broad SMARTS) is 1. The number of carbonyl (C=O) groups is 4. The number of ether oxygens (including phenoxy) is 1. The second kappa shape index (κ2) is 8.54. The number of aromatic hydroxyl groups is 1. The predicted octanol–water partition coefficient (Wildman–Crippen LogP) is -2.01. The number of phenols is 1. The molecule has 3 aliphatic rings. The van der Waals surface area contributed by atoms with E-state index in [1.54, 1.807) is 0 Å². The van der Waals surface area contributed by atoms with Gasteiger partial charge in [-0.15, -0.1) is 0 Å². The van der Waals surface area contributed by atoms with E-state index in [2.05, 4.69) is 0 Å². The van der Waals surface area contributed by atoms with Crippen molar-refractivity contribution in [3.63, 3.8) is 0 Å². The molecule has 10 nitrogen and oxygen atoms in total. The minimum Gasteiger partial charge on any atom is -1.00 e. The molecule has 0 spiro atoms. The largest absolute Gasteiger partial charge is 1.00 e. The average molecular weight is 479 g/mol. The van der Waals surface area contributed by atoms with Crippen LogP contribution in [0.2, 0.25) is 0 Å². The van der Waals surface area contributed by atoms with Crippen molar-refractivity contribution in [2.75, 3.05) is 6.54 Å². The molecule has 1 unspecified atom stereocenters. The van der Waals surface area contributed by atoms with Crippen LogP contribution in [0.4, 0.5) is 18.0 Å². The number of amides is 3. The second-order valence-electron chi connectivity index (χ2n) is 7.65. The summed E-state index contributed by atoms with van der Waals surface area (Å²) in [5.74, 6) is -5.53. The first-order valence-electron chi connectivity index (χ1n) is 9.34. The van der Waals surface area contributed by atoms with E-state index in [0.717, 1.165) is 4.90 Å². The zero-order valence-corrected chi connectivity index (χ0v) is 19.1. The molecular formula is C19H17F3N3NaO7. The number of phenolic OH excluding ortho intramolecular Hbond substituents is 1. The van der Waals surface area contributed by atoms with Crippen molar-refractivity contribution in [3.05, 3.63) is 41.1 Å². The van der Waals surface area contributed by atoms with Gasteiger partial charge in [-0.25, -0.2) is 9.59 Å². The van der Waals surface area contributed by atoms with Crippen LogP contribution in [0.5, 0.6) is 5.75 Å². The summed E-state index contributed by atoms with van der Waals surface area (Å²) in [4.78, 5) is 49.3. The number of carbonyl (C=O) groups excluding carboxylic acids is 3. The van der Waals surface area contributed by atoms with E-state index in [-0.39, 0.29) is 54.3 Å². The Morgan fingerprint density at radius 2 is 1.82 bits per heavy atom. The standard InChI is InChI=1S/C19H16F3N3O7.Na.H/c20-19(21,22)17(30)24-6-8-5-10(12(16(28)29)25-11(8)13(24)15(25)27)14(32-18(23)31)7-1-3-9(26)4-2-7;;/h1-4,8,11,13-14,26H,5-6H2,(H2,23,31)(H,28,29);;/q;+1;-1/t8-,11-,13+,14?;;/m1../s1. The van der Waals surface area contributed by atoms with E-state index in [1.165, 1.54) is 24.3 Å². The smallest absolute Gasteiger partial charge is 1.00 e. The Labute approximate surface area is 207 Å². The maximum atomic E-state index is 13.0. The Bertz CT molecular complexity index is 1070. The number of alkyl halides is 3.